The monoisotopic (exact) mass is 308 g/mol. The van der Waals surface area contributed by atoms with Crippen molar-refractivity contribution in [3.05, 3.63) is 35.4 Å². The molecule has 0 saturated carbocycles. The van der Waals surface area contributed by atoms with Crippen molar-refractivity contribution in [2.75, 3.05) is 20.1 Å². The second-order valence-electron chi connectivity index (χ2n) is 6.23. The summed E-state index contributed by atoms with van der Waals surface area (Å²) in [5, 5.41) is 3.37. The van der Waals surface area contributed by atoms with Crippen LogP contribution in [0.4, 0.5) is 0 Å². The zero-order valence-electron chi connectivity index (χ0n) is 12.7. The Bertz CT molecular complexity index is 460. The molecule has 0 bridgehead atoms. The molecule has 1 amide bonds. The van der Waals surface area contributed by atoms with Crippen molar-refractivity contribution in [1.82, 2.24) is 10.2 Å². The van der Waals surface area contributed by atoms with Gasteiger partial charge in [0, 0.05) is 19.5 Å². The van der Waals surface area contributed by atoms with Crippen LogP contribution in [0.1, 0.15) is 30.4 Å². The first kappa shape index (κ1) is 16.3. The Morgan fingerprint density at radius 1 is 1.29 bits per heavy atom. The fourth-order valence-electron chi connectivity index (χ4n) is 3.48. The Morgan fingerprint density at radius 2 is 1.95 bits per heavy atom. The first-order chi connectivity index (χ1) is 9.74. The number of carbonyl (C=O) groups is 1. The normalized spacial score (nSPS) is 20.9. The SMILES string of the molecule is CN(C(=O)CCC1CCNC1)C1Cc2ccccc2C1.Cl. The van der Waals surface area contributed by atoms with Crippen LogP contribution in [0.15, 0.2) is 24.3 Å². The van der Waals surface area contributed by atoms with Gasteiger partial charge in [-0.25, -0.2) is 0 Å². The maximum atomic E-state index is 12.3. The molecule has 0 radical (unpaired) electrons. The topological polar surface area (TPSA) is 32.3 Å². The van der Waals surface area contributed by atoms with E-state index in [9.17, 15) is 4.79 Å². The lowest BCUT2D eigenvalue weighted by molar-refractivity contribution is -0.132. The fraction of sp³-hybridized carbons (Fsp3) is 0.588. The van der Waals surface area contributed by atoms with Crippen molar-refractivity contribution in [2.45, 2.75) is 38.1 Å². The molecule has 1 atom stereocenters. The van der Waals surface area contributed by atoms with E-state index in [0.717, 1.165) is 32.4 Å². The highest BCUT2D eigenvalue weighted by Crippen LogP contribution is 2.25. The Balaban J connectivity index is 0.00000161. The van der Waals surface area contributed by atoms with E-state index < -0.39 is 0 Å². The third-order valence-electron chi connectivity index (χ3n) is 4.90. The van der Waals surface area contributed by atoms with E-state index in [1.807, 2.05) is 11.9 Å². The number of likely N-dealkylation sites (N-methyl/N-ethyl adjacent to an activating group) is 1. The third-order valence-corrected chi connectivity index (χ3v) is 4.90. The molecule has 1 heterocycles. The maximum Gasteiger partial charge on any atom is 0.222 e. The molecule has 1 aromatic carbocycles. The zero-order chi connectivity index (χ0) is 13.9. The number of nitrogens with zero attached hydrogens (tertiary/aromatic N) is 1. The predicted molar refractivity (Wildman–Crippen MR) is 87.9 cm³/mol. The lowest BCUT2D eigenvalue weighted by Crippen LogP contribution is -2.37. The molecule has 1 aromatic rings. The molecule has 116 valence electrons. The Morgan fingerprint density at radius 3 is 2.52 bits per heavy atom. The summed E-state index contributed by atoms with van der Waals surface area (Å²) in [7, 11) is 1.98. The summed E-state index contributed by atoms with van der Waals surface area (Å²) in [5.41, 5.74) is 2.83. The van der Waals surface area contributed by atoms with Crippen LogP contribution < -0.4 is 5.32 Å². The van der Waals surface area contributed by atoms with E-state index >= 15 is 0 Å². The number of carbonyl (C=O) groups excluding carboxylic acids is 1. The summed E-state index contributed by atoms with van der Waals surface area (Å²) >= 11 is 0. The first-order valence-electron chi connectivity index (χ1n) is 7.77. The van der Waals surface area contributed by atoms with Gasteiger partial charge in [-0.05, 0) is 55.8 Å². The van der Waals surface area contributed by atoms with Gasteiger partial charge in [-0.2, -0.15) is 0 Å². The molecule has 3 rings (SSSR count). The van der Waals surface area contributed by atoms with Gasteiger partial charge >= 0.3 is 0 Å². The van der Waals surface area contributed by atoms with Gasteiger partial charge in [-0.3, -0.25) is 4.79 Å². The number of rotatable bonds is 4. The number of hydrogen-bond acceptors (Lipinski definition) is 2. The third kappa shape index (κ3) is 3.78. The highest BCUT2D eigenvalue weighted by Gasteiger charge is 2.27. The largest absolute Gasteiger partial charge is 0.342 e. The molecule has 1 aliphatic heterocycles. The molecular formula is C17H25ClN2O. The zero-order valence-corrected chi connectivity index (χ0v) is 13.5. The van der Waals surface area contributed by atoms with Gasteiger partial charge in [0.15, 0.2) is 0 Å². The van der Waals surface area contributed by atoms with Crippen LogP contribution in [-0.2, 0) is 17.6 Å². The molecule has 1 unspecified atom stereocenters. The number of nitrogens with one attached hydrogen (secondary N) is 1. The van der Waals surface area contributed by atoms with E-state index in [1.165, 1.54) is 17.5 Å². The van der Waals surface area contributed by atoms with Crippen LogP contribution in [0, 0.1) is 5.92 Å². The van der Waals surface area contributed by atoms with Gasteiger partial charge < -0.3 is 10.2 Å². The minimum Gasteiger partial charge on any atom is -0.342 e. The molecular weight excluding hydrogens is 284 g/mol. The molecule has 0 spiro atoms. The quantitative estimate of drug-likeness (QED) is 0.926. The van der Waals surface area contributed by atoms with Crippen LogP contribution in [0.5, 0.6) is 0 Å². The lowest BCUT2D eigenvalue weighted by atomic mass is 10.0. The van der Waals surface area contributed by atoms with E-state index in [2.05, 4.69) is 29.6 Å². The lowest BCUT2D eigenvalue weighted by Gasteiger charge is -2.25. The predicted octanol–water partition coefficient (Wildman–Crippen LogP) is 2.42. The van der Waals surface area contributed by atoms with Gasteiger partial charge in [0.25, 0.3) is 0 Å². The Hall–Kier alpha value is -1.06. The molecule has 1 aliphatic carbocycles. The van der Waals surface area contributed by atoms with Crippen molar-refractivity contribution in [1.29, 1.82) is 0 Å². The summed E-state index contributed by atoms with van der Waals surface area (Å²) < 4.78 is 0. The van der Waals surface area contributed by atoms with Crippen molar-refractivity contribution < 1.29 is 4.79 Å². The minimum absolute atomic E-state index is 0. The average Bonchev–Trinajstić information content (AvgIpc) is 3.12. The molecule has 1 N–H and O–H groups in total. The highest BCUT2D eigenvalue weighted by atomic mass is 35.5. The molecule has 0 aromatic heterocycles. The van der Waals surface area contributed by atoms with Crippen LogP contribution in [-0.4, -0.2) is 37.0 Å². The van der Waals surface area contributed by atoms with E-state index in [1.54, 1.807) is 0 Å². The van der Waals surface area contributed by atoms with Crippen molar-refractivity contribution in [3.63, 3.8) is 0 Å². The number of hydrogen-bond donors (Lipinski definition) is 1. The van der Waals surface area contributed by atoms with E-state index in [0.29, 0.717) is 24.3 Å². The van der Waals surface area contributed by atoms with E-state index in [-0.39, 0.29) is 12.4 Å². The summed E-state index contributed by atoms with van der Waals surface area (Å²) in [6, 6.07) is 8.93. The van der Waals surface area contributed by atoms with Crippen LogP contribution in [0.25, 0.3) is 0 Å². The van der Waals surface area contributed by atoms with Crippen LogP contribution in [0.2, 0.25) is 0 Å². The number of benzene rings is 1. The number of amides is 1. The highest BCUT2D eigenvalue weighted by molar-refractivity contribution is 5.85. The second-order valence-corrected chi connectivity index (χ2v) is 6.23. The molecule has 1 saturated heterocycles. The van der Waals surface area contributed by atoms with E-state index in [4.69, 9.17) is 0 Å². The average molecular weight is 309 g/mol. The summed E-state index contributed by atoms with van der Waals surface area (Å²) in [4.78, 5) is 14.3. The van der Waals surface area contributed by atoms with Gasteiger partial charge in [0.1, 0.15) is 0 Å². The summed E-state index contributed by atoms with van der Waals surface area (Å²) in [6.45, 7) is 2.21. The Labute approximate surface area is 133 Å². The van der Waals surface area contributed by atoms with Gasteiger partial charge in [0.05, 0.1) is 0 Å². The van der Waals surface area contributed by atoms with Crippen molar-refractivity contribution >= 4 is 18.3 Å². The van der Waals surface area contributed by atoms with Crippen LogP contribution in [0.3, 0.4) is 0 Å². The van der Waals surface area contributed by atoms with Crippen molar-refractivity contribution in [3.8, 4) is 0 Å². The van der Waals surface area contributed by atoms with Gasteiger partial charge in [-0.15, -0.1) is 12.4 Å². The summed E-state index contributed by atoms with van der Waals surface area (Å²) in [5.74, 6) is 1.02. The molecule has 1 fully saturated rings. The standard InChI is InChI=1S/C17H24N2O.ClH/c1-19(17(20)7-6-13-8-9-18-12-13)16-10-14-4-2-3-5-15(14)11-16;/h2-5,13,16,18H,6-12H2,1H3;1H. The molecule has 3 nitrogen and oxygen atoms in total. The first-order valence-corrected chi connectivity index (χ1v) is 7.77. The van der Waals surface area contributed by atoms with Crippen molar-refractivity contribution in [2.24, 2.45) is 5.92 Å². The second kappa shape index (κ2) is 7.28. The number of halogens is 1. The van der Waals surface area contributed by atoms with Gasteiger partial charge in [0.2, 0.25) is 5.91 Å². The fourth-order valence-corrected chi connectivity index (χ4v) is 3.48. The number of fused-ring (bicyclic) bond motifs is 1. The van der Waals surface area contributed by atoms with Crippen LogP contribution >= 0.6 is 12.4 Å². The smallest absolute Gasteiger partial charge is 0.222 e. The summed E-state index contributed by atoms with van der Waals surface area (Å²) in [6.07, 6.45) is 5.00. The maximum absolute atomic E-state index is 12.3. The molecule has 4 heteroatoms. The minimum atomic E-state index is 0. The molecule has 21 heavy (non-hydrogen) atoms. The molecule has 2 aliphatic rings. The Kier molecular flexibility index (Phi) is 5.65. The van der Waals surface area contributed by atoms with Gasteiger partial charge in [-0.1, -0.05) is 24.3 Å².